The van der Waals surface area contributed by atoms with Crippen molar-refractivity contribution in [2.45, 2.75) is 13.2 Å². The summed E-state index contributed by atoms with van der Waals surface area (Å²) in [5.41, 5.74) is 2.01. The third kappa shape index (κ3) is 5.29. The van der Waals surface area contributed by atoms with E-state index in [0.29, 0.717) is 26.9 Å². The topological polar surface area (TPSA) is 102 Å². The van der Waals surface area contributed by atoms with Crippen LogP contribution in [0.5, 0.6) is 5.75 Å². The molecule has 3 aromatic carbocycles. The van der Waals surface area contributed by atoms with E-state index in [2.05, 4.69) is 21.2 Å². The Labute approximate surface area is 201 Å². The monoisotopic (exact) mass is 525 g/mol. The predicted octanol–water partition coefficient (Wildman–Crippen LogP) is 5.17. The van der Waals surface area contributed by atoms with Gasteiger partial charge < -0.3 is 10.1 Å². The van der Waals surface area contributed by atoms with E-state index in [-0.39, 0.29) is 24.5 Å². The highest BCUT2D eigenvalue weighted by Gasteiger charge is 2.33. The van der Waals surface area contributed by atoms with Crippen molar-refractivity contribution in [2.24, 2.45) is 0 Å². The first-order chi connectivity index (χ1) is 16.3. The Morgan fingerprint density at radius 2 is 1.82 bits per heavy atom. The highest BCUT2D eigenvalue weighted by Crippen LogP contribution is 2.28. The fraction of sp³-hybridized carbons (Fsp3) is 0.0833. The van der Waals surface area contributed by atoms with Gasteiger partial charge in [-0.2, -0.15) is 0 Å². The number of hydrogen-bond donors (Lipinski definition) is 1. The lowest BCUT2D eigenvalue weighted by atomic mass is 10.1. The molecular formula is C24H17BrFN3O5. The van der Waals surface area contributed by atoms with Crippen LogP contribution in [0.15, 0.2) is 76.9 Å². The van der Waals surface area contributed by atoms with Crippen LogP contribution in [0.25, 0.3) is 6.08 Å². The van der Waals surface area contributed by atoms with Crippen molar-refractivity contribution < 1.29 is 23.6 Å². The maximum Gasteiger partial charge on any atom is 0.329 e. The zero-order valence-electron chi connectivity index (χ0n) is 17.5. The number of nitro groups is 1. The molecule has 0 spiro atoms. The molecule has 34 heavy (non-hydrogen) atoms. The van der Waals surface area contributed by atoms with E-state index < -0.39 is 22.7 Å². The quantitative estimate of drug-likeness (QED) is 0.198. The number of non-ortho nitro benzene ring substituents is 1. The minimum Gasteiger partial charge on any atom is -0.488 e. The maximum absolute atomic E-state index is 13.1. The van der Waals surface area contributed by atoms with Gasteiger partial charge in [-0.3, -0.25) is 19.8 Å². The first-order valence-corrected chi connectivity index (χ1v) is 10.8. The Morgan fingerprint density at radius 3 is 2.53 bits per heavy atom. The van der Waals surface area contributed by atoms with Crippen molar-refractivity contribution in [1.82, 2.24) is 10.2 Å². The van der Waals surface area contributed by atoms with E-state index in [9.17, 15) is 24.1 Å². The summed E-state index contributed by atoms with van der Waals surface area (Å²) in [6.07, 6.45) is 1.54. The Bertz CT molecular complexity index is 1310. The van der Waals surface area contributed by atoms with E-state index in [4.69, 9.17) is 4.74 Å². The largest absolute Gasteiger partial charge is 0.488 e. The van der Waals surface area contributed by atoms with Gasteiger partial charge in [-0.15, -0.1) is 0 Å². The number of nitrogens with zero attached hydrogens (tertiary/aromatic N) is 2. The van der Waals surface area contributed by atoms with E-state index in [0.717, 1.165) is 4.90 Å². The molecule has 1 fully saturated rings. The molecule has 1 heterocycles. The maximum atomic E-state index is 13.1. The highest BCUT2D eigenvalue weighted by molar-refractivity contribution is 9.10. The number of carbonyl (C=O) groups excluding carboxylic acids is 2. The van der Waals surface area contributed by atoms with Gasteiger partial charge in [0.2, 0.25) is 0 Å². The molecular weight excluding hydrogens is 509 g/mol. The summed E-state index contributed by atoms with van der Waals surface area (Å²) in [6.45, 7) is 0.157. The summed E-state index contributed by atoms with van der Waals surface area (Å²) in [5.74, 6) is -0.380. The van der Waals surface area contributed by atoms with Crippen molar-refractivity contribution in [3.8, 4) is 5.75 Å². The van der Waals surface area contributed by atoms with Gasteiger partial charge in [0.25, 0.3) is 11.6 Å². The minimum absolute atomic E-state index is 0.0149. The van der Waals surface area contributed by atoms with Gasteiger partial charge in [-0.25, -0.2) is 9.18 Å². The molecule has 0 unspecified atom stereocenters. The van der Waals surface area contributed by atoms with Gasteiger partial charge in [0.15, 0.2) is 0 Å². The molecule has 0 saturated carbocycles. The molecule has 0 aliphatic carbocycles. The zero-order chi connectivity index (χ0) is 24.2. The summed E-state index contributed by atoms with van der Waals surface area (Å²) in [4.78, 5) is 36.5. The molecule has 1 saturated heterocycles. The van der Waals surface area contributed by atoms with Crippen LogP contribution in [-0.4, -0.2) is 21.8 Å². The Balaban J connectivity index is 1.44. The normalized spacial score (nSPS) is 14.4. The van der Waals surface area contributed by atoms with Crippen molar-refractivity contribution in [2.75, 3.05) is 0 Å². The lowest BCUT2D eigenvalue weighted by molar-refractivity contribution is -0.384. The fourth-order valence-corrected chi connectivity index (χ4v) is 3.81. The van der Waals surface area contributed by atoms with Gasteiger partial charge in [-0.05, 0) is 63.0 Å². The minimum atomic E-state index is -0.559. The second-order valence-corrected chi connectivity index (χ2v) is 8.27. The molecule has 0 aromatic heterocycles. The molecule has 8 nitrogen and oxygen atoms in total. The molecule has 1 aliphatic heterocycles. The molecule has 172 valence electrons. The number of rotatable bonds is 7. The highest BCUT2D eigenvalue weighted by atomic mass is 79.9. The SMILES string of the molecule is O=C1N/C(=C/c2ccc(OCc3cccc([N+](=O)[O-])c3)c(Br)c2)C(=O)N1Cc1ccc(F)cc1. The number of imide groups is 1. The molecule has 1 aliphatic rings. The van der Waals surface area contributed by atoms with Crippen LogP contribution in [0.4, 0.5) is 14.9 Å². The number of halogens is 2. The average Bonchev–Trinajstić information content (AvgIpc) is 3.07. The number of nitrogens with one attached hydrogen (secondary N) is 1. The summed E-state index contributed by atoms with van der Waals surface area (Å²) in [7, 11) is 0. The number of benzene rings is 3. The first kappa shape index (κ1) is 23.1. The molecule has 3 aromatic rings. The van der Waals surface area contributed by atoms with Crippen LogP contribution in [0.3, 0.4) is 0 Å². The number of hydrogen-bond acceptors (Lipinski definition) is 5. The van der Waals surface area contributed by atoms with E-state index in [1.165, 1.54) is 36.4 Å². The van der Waals surface area contributed by atoms with Crippen molar-refractivity contribution in [1.29, 1.82) is 0 Å². The predicted molar refractivity (Wildman–Crippen MR) is 125 cm³/mol. The van der Waals surface area contributed by atoms with Crippen LogP contribution in [0.1, 0.15) is 16.7 Å². The molecule has 0 radical (unpaired) electrons. The van der Waals surface area contributed by atoms with Crippen LogP contribution in [0, 0.1) is 15.9 Å². The van der Waals surface area contributed by atoms with E-state index in [1.54, 1.807) is 36.4 Å². The van der Waals surface area contributed by atoms with Crippen LogP contribution in [0.2, 0.25) is 0 Å². The number of carbonyl (C=O) groups is 2. The van der Waals surface area contributed by atoms with E-state index >= 15 is 0 Å². The number of amides is 3. The third-order valence-corrected chi connectivity index (χ3v) is 5.62. The fourth-order valence-electron chi connectivity index (χ4n) is 3.30. The summed E-state index contributed by atoms with van der Waals surface area (Å²) >= 11 is 3.42. The molecule has 3 amide bonds. The van der Waals surface area contributed by atoms with Crippen molar-refractivity contribution in [3.05, 3.63) is 110 Å². The Morgan fingerprint density at radius 1 is 1.06 bits per heavy atom. The molecule has 0 atom stereocenters. The average molecular weight is 526 g/mol. The summed E-state index contributed by atoms with van der Waals surface area (Å²) < 4.78 is 19.4. The van der Waals surface area contributed by atoms with Gasteiger partial charge in [0.1, 0.15) is 23.9 Å². The molecule has 4 rings (SSSR count). The molecule has 1 N–H and O–H groups in total. The van der Waals surface area contributed by atoms with Crippen LogP contribution >= 0.6 is 15.9 Å². The Hall–Kier alpha value is -4.05. The van der Waals surface area contributed by atoms with Crippen LogP contribution < -0.4 is 10.1 Å². The number of urea groups is 1. The smallest absolute Gasteiger partial charge is 0.329 e. The lowest BCUT2D eigenvalue weighted by Crippen LogP contribution is -2.30. The first-order valence-electron chi connectivity index (χ1n) is 10.0. The number of nitro benzene ring substituents is 1. The summed E-state index contributed by atoms with van der Waals surface area (Å²) in [6, 6.07) is 16.3. The van der Waals surface area contributed by atoms with Crippen molar-refractivity contribution in [3.63, 3.8) is 0 Å². The zero-order valence-corrected chi connectivity index (χ0v) is 19.1. The molecule has 10 heteroatoms. The van der Waals surface area contributed by atoms with Crippen molar-refractivity contribution >= 4 is 39.6 Å². The second-order valence-electron chi connectivity index (χ2n) is 7.41. The second kappa shape index (κ2) is 9.84. The third-order valence-electron chi connectivity index (χ3n) is 5.00. The van der Waals surface area contributed by atoms with Gasteiger partial charge >= 0.3 is 6.03 Å². The number of ether oxygens (including phenoxy) is 1. The Kier molecular flexibility index (Phi) is 6.69. The van der Waals surface area contributed by atoms with Crippen LogP contribution in [-0.2, 0) is 17.9 Å². The van der Waals surface area contributed by atoms with E-state index in [1.807, 2.05) is 0 Å². The summed E-state index contributed by atoms with van der Waals surface area (Å²) in [5, 5.41) is 13.5. The van der Waals surface area contributed by atoms with Gasteiger partial charge in [0.05, 0.1) is 15.9 Å². The van der Waals surface area contributed by atoms with Gasteiger partial charge in [-0.1, -0.05) is 30.3 Å². The standard InChI is InChI=1S/C24H17BrFN3O5/c25-20-11-16(6-9-22(20)34-14-17-2-1-3-19(10-17)29(32)33)12-21-23(30)28(24(31)27-21)13-15-4-7-18(26)8-5-15/h1-12H,13-14H2,(H,27,31)/b21-12+. The lowest BCUT2D eigenvalue weighted by Gasteiger charge is -2.11. The molecule has 0 bridgehead atoms. The van der Waals surface area contributed by atoms with Gasteiger partial charge in [0, 0.05) is 12.1 Å².